The van der Waals surface area contributed by atoms with Crippen molar-refractivity contribution < 1.29 is 0 Å². The average molecular weight is 250 g/mol. The molecule has 19 heavy (non-hydrogen) atoms. The lowest BCUT2D eigenvalue weighted by Gasteiger charge is -2.16. The molecule has 0 fully saturated rings. The number of hydrogen-bond acceptors (Lipinski definition) is 4. The number of aromatic nitrogens is 2. The maximum Gasteiger partial charge on any atom is 0.240 e. The standard InChI is InChI=1S/C15H14N4/c16-19(11-12-6-2-1-3-7-12)15-17-10-13-8-4-5-9-14(13)18-15/h1-10H,11,16H2. The largest absolute Gasteiger partial charge is 0.274 e. The molecule has 1 heterocycles. The number of nitrogens with two attached hydrogens (primary N) is 1. The van der Waals surface area contributed by atoms with E-state index in [1.54, 1.807) is 11.2 Å². The minimum Gasteiger partial charge on any atom is -0.274 e. The van der Waals surface area contributed by atoms with E-state index in [1.165, 1.54) is 0 Å². The van der Waals surface area contributed by atoms with Gasteiger partial charge in [-0.25, -0.2) is 15.8 Å². The first-order valence-electron chi connectivity index (χ1n) is 6.11. The molecular formula is C15H14N4. The van der Waals surface area contributed by atoms with Crippen molar-refractivity contribution in [1.82, 2.24) is 9.97 Å². The molecule has 3 rings (SSSR count). The predicted molar refractivity (Wildman–Crippen MR) is 76.4 cm³/mol. The molecule has 0 atom stereocenters. The number of hydrogen-bond donors (Lipinski definition) is 1. The van der Waals surface area contributed by atoms with Gasteiger partial charge in [-0.05, 0) is 11.6 Å². The molecule has 3 aromatic rings. The van der Waals surface area contributed by atoms with Crippen molar-refractivity contribution in [2.24, 2.45) is 5.84 Å². The molecule has 0 unspecified atom stereocenters. The number of hydrazine groups is 1. The van der Waals surface area contributed by atoms with Gasteiger partial charge in [0, 0.05) is 11.6 Å². The quantitative estimate of drug-likeness (QED) is 0.573. The van der Waals surface area contributed by atoms with Crippen LogP contribution in [0.4, 0.5) is 5.95 Å². The van der Waals surface area contributed by atoms with E-state index in [9.17, 15) is 0 Å². The summed E-state index contributed by atoms with van der Waals surface area (Å²) in [7, 11) is 0. The highest BCUT2D eigenvalue weighted by atomic mass is 15.5. The first-order valence-corrected chi connectivity index (χ1v) is 6.11. The molecule has 0 aliphatic rings. The van der Waals surface area contributed by atoms with Crippen LogP contribution in [0.15, 0.2) is 60.8 Å². The number of rotatable bonds is 3. The normalized spacial score (nSPS) is 10.6. The number of fused-ring (bicyclic) bond motifs is 1. The molecule has 0 radical (unpaired) electrons. The molecule has 2 aromatic carbocycles. The van der Waals surface area contributed by atoms with Crippen LogP contribution >= 0.6 is 0 Å². The van der Waals surface area contributed by atoms with Crippen LogP contribution in [-0.4, -0.2) is 9.97 Å². The van der Waals surface area contributed by atoms with Crippen LogP contribution in [0, 0.1) is 0 Å². The highest BCUT2D eigenvalue weighted by Crippen LogP contribution is 2.14. The number of nitrogens with zero attached hydrogens (tertiary/aromatic N) is 3. The summed E-state index contributed by atoms with van der Waals surface area (Å²) in [6.45, 7) is 0.583. The summed E-state index contributed by atoms with van der Waals surface area (Å²) in [5.41, 5.74) is 2.03. The molecular weight excluding hydrogens is 236 g/mol. The van der Waals surface area contributed by atoms with E-state index in [2.05, 4.69) is 9.97 Å². The Hall–Kier alpha value is -2.46. The molecule has 0 amide bonds. The van der Waals surface area contributed by atoms with Crippen LogP contribution in [0.3, 0.4) is 0 Å². The molecule has 0 aliphatic carbocycles. The molecule has 1 aromatic heterocycles. The molecule has 0 aliphatic heterocycles. The summed E-state index contributed by atoms with van der Waals surface area (Å²) < 4.78 is 0. The summed E-state index contributed by atoms with van der Waals surface area (Å²) in [4.78, 5) is 8.75. The zero-order valence-corrected chi connectivity index (χ0v) is 10.4. The summed E-state index contributed by atoms with van der Waals surface area (Å²) in [6, 6.07) is 17.9. The summed E-state index contributed by atoms with van der Waals surface area (Å²) in [5, 5.41) is 2.57. The third kappa shape index (κ3) is 2.53. The first-order chi connectivity index (χ1) is 9.33. The van der Waals surface area contributed by atoms with Crippen molar-refractivity contribution in [3.05, 3.63) is 66.4 Å². The number of benzene rings is 2. The molecule has 0 saturated carbocycles. The van der Waals surface area contributed by atoms with Crippen LogP contribution in [0.25, 0.3) is 10.9 Å². The molecule has 0 spiro atoms. The van der Waals surface area contributed by atoms with Crippen LogP contribution in [0.1, 0.15) is 5.56 Å². The van der Waals surface area contributed by atoms with Gasteiger partial charge >= 0.3 is 0 Å². The maximum absolute atomic E-state index is 6.03. The second-order valence-electron chi connectivity index (χ2n) is 4.34. The summed E-state index contributed by atoms with van der Waals surface area (Å²) in [5.74, 6) is 6.56. The minimum absolute atomic E-state index is 0.530. The lowest BCUT2D eigenvalue weighted by Crippen LogP contribution is -2.31. The van der Waals surface area contributed by atoms with Crippen molar-refractivity contribution in [3.8, 4) is 0 Å². The third-order valence-electron chi connectivity index (χ3n) is 2.93. The fourth-order valence-electron chi connectivity index (χ4n) is 1.95. The van der Waals surface area contributed by atoms with Gasteiger partial charge in [0.05, 0.1) is 12.1 Å². The Kier molecular flexibility index (Phi) is 3.08. The van der Waals surface area contributed by atoms with Gasteiger partial charge in [-0.3, -0.25) is 5.01 Å². The van der Waals surface area contributed by atoms with Gasteiger partial charge in [0.15, 0.2) is 0 Å². The zero-order valence-electron chi connectivity index (χ0n) is 10.4. The Morgan fingerprint density at radius 1 is 0.947 bits per heavy atom. The predicted octanol–water partition coefficient (Wildman–Crippen LogP) is 2.51. The van der Waals surface area contributed by atoms with Crippen LogP contribution in [0.5, 0.6) is 0 Å². The Bertz CT molecular complexity index is 682. The van der Waals surface area contributed by atoms with Crippen molar-refractivity contribution >= 4 is 16.9 Å². The van der Waals surface area contributed by atoms with Gasteiger partial charge in [0.1, 0.15) is 0 Å². The van der Waals surface area contributed by atoms with Gasteiger partial charge in [-0.15, -0.1) is 0 Å². The lowest BCUT2D eigenvalue weighted by molar-refractivity contribution is 0.812. The minimum atomic E-state index is 0.530. The number of anilines is 1. The topological polar surface area (TPSA) is 55.0 Å². The first kappa shape index (κ1) is 11.6. The van der Waals surface area contributed by atoms with Crippen LogP contribution in [-0.2, 0) is 6.54 Å². The summed E-state index contributed by atoms with van der Waals surface area (Å²) in [6.07, 6.45) is 1.79. The van der Waals surface area contributed by atoms with Gasteiger partial charge in [0.2, 0.25) is 5.95 Å². The van der Waals surface area contributed by atoms with E-state index in [0.717, 1.165) is 16.5 Å². The molecule has 0 bridgehead atoms. The van der Waals surface area contributed by atoms with Crippen molar-refractivity contribution in [2.45, 2.75) is 6.54 Å². The molecule has 0 saturated heterocycles. The van der Waals surface area contributed by atoms with E-state index in [-0.39, 0.29) is 0 Å². The van der Waals surface area contributed by atoms with E-state index < -0.39 is 0 Å². The highest BCUT2D eigenvalue weighted by Gasteiger charge is 2.06. The van der Waals surface area contributed by atoms with E-state index in [1.807, 2.05) is 54.6 Å². The highest BCUT2D eigenvalue weighted by molar-refractivity contribution is 5.78. The van der Waals surface area contributed by atoms with E-state index in [4.69, 9.17) is 5.84 Å². The number of para-hydroxylation sites is 1. The van der Waals surface area contributed by atoms with E-state index in [0.29, 0.717) is 12.5 Å². The smallest absolute Gasteiger partial charge is 0.240 e. The molecule has 4 heteroatoms. The summed E-state index contributed by atoms with van der Waals surface area (Å²) >= 11 is 0. The zero-order chi connectivity index (χ0) is 13.1. The van der Waals surface area contributed by atoms with Gasteiger partial charge < -0.3 is 0 Å². The van der Waals surface area contributed by atoms with Crippen molar-refractivity contribution in [2.75, 3.05) is 5.01 Å². The Morgan fingerprint density at radius 2 is 1.68 bits per heavy atom. The maximum atomic E-state index is 6.03. The molecule has 94 valence electrons. The SMILES string of the molecule is NN(Cc1ccccc1)c1ncc2ccccc2n1. The lowest BCUT2D eigenvalue weighted by atomic mass is 10.2. The Balaban J connectivity index is 1.87. The molecule has 4 nitrogen and oxygen atoms in total. The van der Waals surface area contributed by atoms with E-state index >= 15 is 0 Å². The third-order valence-corrected chi connectivity index (χ3v) is 2.93. The fraction of sp³-hybridized carbons (Fsp3) is 0.0667. The van der Waals surface area contributed by atoms with Crippen LogP contribution in [0.2, 0.25) is 0 Å². The van der Waals surface area contributed by atoms with Crippen LogP contribution < -0.4 is 10.9 Å². The van der Waals surface area contributed by atoms with Crippen molar-refractivity contribution in [3.63, 3.8) is 0 Å². The second kappa shape index (κ2) is 5.04. The van der Waals surface area contributed by atoms with Gasteiger partial charge in [-0.2, -0.15) is 0 Å². The Morgan fingerprint density at radius 3 is 2.53 bits per heavy atom. The fourth-order valence-corrected chi connectivity index (χ4v) is 1.95. The average Bonchev–Trinajstić information content (AvgIpc) is 2.48. The second-order valence-corrected chi connectivity index (χ2v) is 4.34. The monoisotopic (exact) mass is 250 g/mol. The Labute approximate surface area is 111 Å². The van der Waals surface area contributed by atoms with Gasteiger partial charge in [-0.1, -0.05) is 48.5 Å². The van der Waals surface area contributed by atoms with Gasteiger partial charge in [0.25, 0.3) is 0 Å². The molecule has 2 N–H and O–H groups in total. The van der Waals surface area contributed by atoms with Crippen molar-refractivity contribution in [1.29, 1.82) is 0 Å².